The predicted molar refractivity (Wildman–Crippen MR) is 101 cm³/mol. The summed E-state index contributed by atoms with van der Waals surface area (Å²) in [4.78, 5) is 29.8. The maximum absolute atomic E-state index is 13.0. The highest BCUT2D eigenvalue weighted by molar-refractivity contribution is 7.99. The van der Waals surface area contributed by atoms with Crippen molar-refractivity contribution in [2.24, 2.45) is 0 Å². The molecule has 4 rings (SSSR count). The van der Waals surface area contributed by atoms with Gasteiger partial charge in [-0.05, 0) is 49.2 Å². The summed E-state index contributed by atoms with van der Waals surface area (Å²) in [6.45, 7) is 1.48. The van der Waals surface area contributed by atoms with Crippen molar-refractivity contribution >= 4 is 35.0 Å². The van der Waals surface area contributed by atoms with Gasteiger partial charge >= 0.3 is 0 Å². The summed E-state index contributed by atoms with van der Waals surface area (Å²) >= 11 is 1.79. The molecule has 4 nitrogen and oxygen atoms in total. The third kappa shape index (κ3) is 3.16. The molecule has 1 fully saturated rings. The normalized spacial score (nSPS) is 17.4. The summed E-state index contributed by atoms with van der Waals surface area (Å²) in [7, 11) is 0. The van der Waals surface area contributed by atoms with Crippen molar-refractivity contribution in [3.63, 3.8) is 0 Å². The van der Waals surface area contributed by atoms with Crippen LogP contribution in [0.4, 0.5) is 11.4 Å². The Morgan fingerprint density at radius 3 is 2.56 bits per heavy atom. The zero-order valence-corrected chi connectivity index (χ0v) is 14.8. The molecule has 1 saturated heterocycles. The minimum absolute atomic E-state index is 0.0178. The van der Waals surface area contributed by atoms with Gasteiger partial charge in [0, 0.05) is 41.4 Å². The number of hydrogen-bond acceptors (Lipinski definition) is 3. The highest BCUT2D eigenvalue weighted by Gasteiger charge is 2.24. The van der Waals surface area contributed by atoms with Gasteiger partial charge in [0.25, 0.3) is 5.91 Å². The number of thioether (sulfide) groups is 1. The molecule has 2 aliphatic rings. The van der Waals surface area contributed by atoms with E-state index in [0.717, 1.165) is 41.4 Å². The summed E-state index contributed by atoms with van der Waals surface area (Å²) in [5.41, 5.74) is 2.53. The fourth-order valence-electron chi connectivity index (χ4n) is 3.40. The minimum Gasteiger partial charge on any atom is -0.312 e. The third-order valence-corrected chi connectivity index (χ3v) is 5.77. The summed E-state index contributed by atoms with van der Waals surface area (Å²) in [6, 6.07) is 15.5. The van der Waals surface area contributed by atoms with Gasteiger partial charge in [-0.3, -0.25) is 9.59 Å². The van der Waals surface area contributed by atoms with Gasteiger partial charge in [0.2, 0.25) is 5.91 Å². The predicted octanol–water partition coefficient (Wildman–Crippen LogP) is 3.96. The first-order valence-electron chi connectivity index (χ1n) is 8.68. The van der Waals surface area contributed by atoms with E-state index in [1.807, 2.05) is 52.3 Å². The van der Waals surface area contributed by atoms with Crippen molar-refractivity contribution in [3.05, 3.63) is 54.1 Å². The maximum Gasteiger partial charge on any atom is 0.258 e. The first kappa shape index (κ1) is 16.2. The van der Waals surface area contributed by atoms with Crippen LogP contribution >= 0.6 is 11.8 Å². The second kappa shape index (κ2) is 6.92. The molecule has 2 amide bonds. The van der Waals surface area contributed by atoms with Gasteiger partial charge < -0.3 is 9.80 Å². The summed E-state index contributed by atoms with van der Waals surface area (Å²) in [6.07, 6.45) is 2.62. The highest BCUT2D eigenvalue weighted by Crippen LogP contribution is 2.35. The Morgan fingerprint density at radius 1 is 0.960 bits per heavy atom. The van der Waals surface area contributed by atoms with Crippen LogP contribution in [0.2, 0.25) is 0 Å². The Labute approximate surface area is 151 Å². The molecule has 0 aromatic heterocycles. The molecule has 25 heavy (non-hydrogen) atoms. The lowest BCUT2D eigenvalue weighted by molar-refractivity contribution is -0.119. The van der Waals surface area contributed by atoms with Crippen LogP contribution in [0.3, 0.4) is 0 Å². The number of carbonyl (C=O) groups excluding carboxylic acids is 2. The second-order valence-corrected chi connectivity index (χ2v) is 7.46. The fourth-order valence-corrected chi connectivity index (χ4v) is 4.39. The Hall–Kier alpha value is -2.27. The first-order valence-corrected chi connectivity index (χ1v) is 9.67. The summed E-state index contributed by atoms with van der Waals surface area (Å²) in [5, 5.41) is 0. The van der Waals surface area contributed by atoms with Crippen LogP contribution in [0.5, 0.6) is 0 Å². The van der Waals surface area contributed by atoms with E-state index in [1.165, 1.54) is 0 Å². The molecule has 0 unspecified atom stereocenters. The number of piperidine rings is 1. The van der Waals surface area contributed by atoms with E-state index in [4.69, 9.17) is 0 Å². The Balaban J connectivity index is 1.56. The van der Waals surface area contributed by atoms with Gasteiger partial charge in [-0.15, -0.1) is 11.8 Å². The third-order valence-electron chi connectivity index (χ3n) is 4.72. The van der Waals surface area contributed by atoms with E-state index in [-0.39, 0.29) is 11.8 Å². The summed E-state index contributed by atoms with van der Waals surface area (Å²) in [5.74, 6) is 1.10. The standard InChI is InChI=1S/C20H20N2O2S/c23-19-7-3-4-12-21(19)16-10-8-15(9-11-16)20(24)22-13-14-25-18-6-2-1-5-17(18)22/h1-2,5-6,8-11H,3-4,7,12-14H2. The van der Waals surface area contributed by atoms with E-state index < -0.39 is 0 Å². The van der Waals surface area contributed by atoms with E-state index in [2.05, 4.69) is 6.07 Å². The Morgan fingerprint density at radius 2 is 1.76 bits per heavy atom. The van der Waals surface area contributed by atoms with Crippen molar-refractivity contribution in [2.75, 3.05) is 28.6 Å². The molecule has 0 atom stereocenters. The highest BCUT2D eigenvalue weighted by atomic mass is 32.2. The number of amides is 2. The quantitative estimate of drug-likeness (QED) is 0.821. The molecule has 0 spiro atoms. The van der Waals surface area contributed by atoms with Crippen LogP contribution in [-0.4, -0.2) is 30.7 Å². The van der Waals surface area contributed by atoms with Crippen LogP contribution in [0.25, 0.3) is 0 Å². The number of anilines is 2. The van der Waals surface area contributed by atoms with E-state index in [9.17, 15) is 9.59 Å². The van der Waals surface area contributed by atoms with Crippen LogP contribution in [-0.2, 0) is 4.79 Å². The first-order chi connectivity index (χ1) is 12.2. The van der Waals surface area contributed by atoms with E-state index >= 15 is 0 Å². The van der Waals surface area contributed by atoms with Crippen molar-refractivity contribution in [2.45, 2.75) is 24.2 Å². The zero-order chi connectivity index (χ0) is 17.2. The lowest BCUT2D eigenvalue weighted by Gasteiger charge is -2.29. The lowest BCUT2D eigenvalue weighted by Crippen LogP contribution is -2.36. The number of nitrogens with zero attached hydrogens (tertiary/aromatic N) is 2. The van der Waals surface area contributed by atoms with Gasteiger partial charge in [0.1, 0.15) is 0 Å². The molecule has 2 aromatic rings. The molecule has 0 N–H and O–H groups in total. The van der Waals surface area contributed by atoms with Gasteiger partial charge in [0.15, 0.2) is 0 Å². The smallest absolute Gasteiger partial charge is 0.258 e. The van der Waals surface area contributed by atoms with E-state index in [1.54, 1.807) is 11.8 Å². The largest absolute Gasteiger partial charge is 0.312 e. The number of hydrogen-bond donors (Lipinski definition) is 0. The van der Waals surface area contributed by atoms with Crippen LogP contribution < -0.4 is 9.80 Å². The molecule has 2 heterocycles. The van der Waals surface area contributed by atoms with E-state index in [0.29, 0.717) is 18.5 Å². The number of carbonyl (C=O) groups is 2. The molecule has 0 aliphatic carbocycles. The van der Waals surface area contributed by atoms with Crippen molar-refractivity contribution in [1.29, 1.82) is 0 Å². The van der Waals surface area contributed by atoms with Crippen molar-refractivity contribution in [1.82, 2.24) is 0 Å². The van der Waals surface area contributed by atoms with Gasteiger partial charge in [-0.2, -0.15) is 0 Å². The Kier molecular flexibility index (Phi) is 4.49. The maximum atomic E-state index is 13.0. The van der Waals surface area contributed by atoms with Crippen molar-refractivity contribution < 1.29 is 9.59 Å². The number of para-hydroxylation sites is 1. The minimum atomic E-state index is 0.0178. The second-order valence-electron chi connectivity index (χ2n) is 6.32. The number of rotatable bonds is 2. The molecule has 0 bridgehead atoms. The molecule has 0 radical (unpaired) electrons. The van der Waals surface area contributed by atoms with Crippen LogP contribution in [0.15, 0.2) is 53.4 Å². The molecule has 5 heteroatoms. The van der Waals surface area contributed by atoms with Gasteiger partial charge in [-0.25, -0.2) is 0 Å². The fraction of sp³-hybridized carbons (Fsp3) is 0.300. The molecule has 2 aliphatic heterocycles. The Bertz CT molecular complexity index is 804. The number of benzene rings is 2. The molecular weight excluding hydrogens is 332 g/mol. The number of fused-ring (bicyclic) bond motifs is 1. The average Bonchev–Trinajstić information content (AvgIpc) is 2.67. The van der Waals surface area contributed by atoms with Crippen LogP contribution in [0, 0.1) is 0 Å². The van der Waals surface area contributed by atoms with Crippen LogP contribution in [0.1, 0.15) is 29.6 Å². The molecular formula is C20H20N2O2S. The lowest BCUT2D eigenvalue weighted by atomic mass is 10.1. The summed E-state index contributed by atoms with van der Waals surface area (Å²) < 4.78 is 0. The SMILES string of the molecule is O=C1CCCCN1c1ccc(C(=O)N2CCSc3ccccc32)cc1. The monoisotopic (exact) mass is 352 g/mol. The zero-order valence-electron chi connectivity index (χ0n) is 14.0. The van der Waals surface area contributed by atoms with Crippen molar-refractivity contribution in [3.8, 4) is 0 Å². The molecule has 2 aromatic carbocycles. The average molecular weight is 352 g/mol. The molecule has 128 valence electrons. The molecule has 0 saturated carbocycles. The van der Waals surface area contributed by atoms with Gasteiger partial charge in [-0.1, -0.05) is 12.1 Å². The van der Waals surface area contributed by atoms with Gasteiger partial charge in [0.05, 0.1) is 5.69 Å². The topological polar surface area (TPSA) is 40.6 Å².